The summed E-state index contributed by atoms with van der Waals surface area (Å²) >= 11 is 6.17. The molecule has 7 nitrogen and oxygen atoms in total. The van der Waals surface area contributed by atoms with E-state index in [2.05, 4.69) is 38.0 Å². The van der Waals surface area contributed by atoms with Gasteiger partial charge in [-0.3, -0.25) is 9.89 Å². The van der Waals surface area contributed by atoms with Crippen LogP contribution in [0.4, 0.5) is 5.69 Å². The SMILES string of the molecule is CN=C(NCCN1CCS(=O)(=O)CC1)N1CCN(c2cc(Cl)ccc2C)CC1. The van der Waals surface area contributed by atoms with Crippen LogP contribution in [0.25, 0.3) is 0 Å². The average molecular weight is 428 g/mol. The lowest BCUT2D eigenvalue weighted by atomic mass is 10.1. The minimum absolute atomic E-state index is 0.270. The lowest BCUT2D eigenvalue weighted by Crippen LogP contribution is -2.53. The predicted molar refractivity (Wildman–Crippen MR) is 116 cm³/mol. The number of aliphatic imine (C=N–C) groups is 1. The van der Waals surface area contributed by atoms with Crippen LogP contribution >= 0.6 is 11.6 Å². The number of aryl methyl sites for hydroxylation is 1. The van der Waals surface area contributed by atoms with E-state index in [0.29, 0.717) is 13.1 Å². The molecule has 0 amide bonds. The molecular formula is C19H30ClN5O2S. The van der Waals surface area contributed by atoms with E-state index in [0.717, 1.165) is 50.3 Å². The van der Waals surface area contributed by atoms with Crippen LogP contribution in [0, 0.1) is 6.92 Å². The Labute approximate surface area is 173 Å². The number of nitrogens with one attached hydrogen (secondary N) is 1. The van der Waals surface area contributed by atoms with E-state index >= 15 is 0 Å². The van der Waals surface area contributed by atoms with Gasteiger partial charge in [-0.15, -0.1) is 0 Å². The highest BCUT2D eigenvalue weighted by Crippen LogP contribution is 2.25. The van der Waals surface area contributed by atoms with E-state index in [1.807, 2.05) is 19.2 Å². The van der Waals surface area contributed by atoms with E-state index in [1.165, 1.54) is 11.3 Å². The number of nitrogens with zero attached hydrogens (tertiary/aromatic N) is 4. The Balaban J connectivity index is 1.45. The molecule has 0 aliphatic carbocycles. The molecule has 0 saturated carbocycles. The van der Waals surface area contributed by atoms with Crippen LogP contribution < -0.4 is 10.2 Å². The Hall–Kier alpha value is -1.51. The third kappa shape index (κ3) is 5.52. The van der Waals surface area contributed by atoms with Crippen molar-refractivity contribution in [2.45, 2.75) is 6.92 Å². The maximum absolute atomic E-state index is 11.5. The average Bonchev–Trinajstić information content (AvgIpc) is 2.68. The second-order valence-electron chi connectivity index (χ2n) is 7.37. The van der Waals surface area contributed by atoms with Gasteiger partial charge in [0.05, 0.1) is 11.5 Å². The van der Waals surface area contributed by atoms with Crippen LogP contribution in [-0.2, 0) is 9.84 Å². The molecule has 0 spiro atoms. The van der Waals surface area contributed by atoms with E-state index in [1.54, 1.807) is 0 Å². The largest absolute Gasteiger partial charge is 0.368 e. The van der Waals surface area contributed by atoms with Crippen LogP contribution in [0.3, 0.4) is 0 Å². The van der Waals surface area contributed by atoms with Gasteiger partial charge >= 0.3 is 0 Å². The van der Waals surface area contributed by atoms with E-state index in [4.69, 9.17) is 11.6 Å². The van der Waals surface area contributed by atoms with Gasteiger partial charge in [0.25, 0.3) is 0 Å². The van der Waals surface area contributed by atoms with Crippen molar-refractivity contribution in [1.82, 2.24) is 15.1 Å². The molecule has 156 valence electrons. The zero-order valence-electron chi connectivity index (χ0n) is 16.7. The Morgan fingerprint density at radius 2 is 1.82 bits per heavy atom. The van der Waals surface area contributed by atoms with Crippen molar-refractivity contribution in [3.63, 3.8) is 0 Å². The van der Waals surface area contributed by atoms with Gasteiger partial charge in [0.1, 0.15) is 0 Å². The Morgan fingerprint density at radius 1 is 1.14 bits per heavy atom. The number of rotatable bonds is 4. The number of halogens is 1. The maximum Gasteiger partial charge on any atom is 0.193 e. The van der Waals surface area contributed by atoms with Crippen molar-refractivity contribution in [1.29, 1.82) is 0 Å². The summed E-state index contributed by atoms with van der Waals surface area (Å²) in [6, 6.07) is 6.04. The molecule has 1 aromatic rings. The summed E-state index contributed by atoms with van der Waals surface area (Å²) in [6.45, 7) is 8.60. The molecule has 2 fully saturated rings. The summed E-state index contributed by atoms with van der Waals surface area (Å²) in [5.41, 5.74) is 2.44. The van der Waals surface area contributed by atoms with Gasteiger partial charge in [-0.1, -0.05) is 17.7 Å². The number of anilines is 1. The Morgan fingerprint density at radius 3 is 2.46 bits per heavy atom. The zero-order chi connectivity index (χ0) is 20.1. The number of hydrogen-bond acceptors (Lipinski definition) is 5. The van der Waals surface area contributed by atoms with Gasteiger partial charge in [0, 0.05) is 70.1 Å². The van der Waals surface area contributed by atoms with Gasteiger partial charge in [-0.05, 0) is 24.6 Å². The van der Waals surface area contributed by atoms with E-state index in [-0.39, 0.29) is 11.5 Å². The van der Waals surface area contributed by atoms with Crippen LogP contribution in [0.2, 0.25) is 5.02 Å². The van der Waals surface area contributed by atoms with E-state index < -0.39 is 9.84 Å². The molecule has 1 N–H and O–H groups in total. The normalized spacial score (nSPS) is 21.0. The highest BCUT2D eigenvalue weighted by Gasteiger charge is 2.23. The Kier molecular flexibility index (Phi) is 7.06. The van der Waals surface area contributed by atoms with Crippen LogP contribution in [-0.4, -0.2) is 95.1 Å². The van der Waals surface area contributed by atoms with Crippen molar-refractivity contribution in [2.24, 2.45) is 4.99 Å². The molecule has 2 heterocycles. The number of guanidine groups is 1. The fourth-order valence-corrected chi connectivity index (χ4v) is 5.16. The standard InChI is InChI=1S/C19H30ClN5O2S/c1-16-3-4-17(20)15-18(16)24-7-9-25(10-8-24)19(21-2)22-5-6-23-11-13-28(26,27)14-12-23/h3-4,15H,5-14H2,1-2H3,(H,21,22). The van der Waals surface area contributed by atoms with Crippen molar-refractivity contribution in [2.75, 3.05) is 75.8 Å². The summed E-state index contributed by atoms with van der Waals surface area (Å²) < 4.78 is 23.0. The highest BCUT2D eigenvalue weighted by atomic mass is 35.5. The summed E-state index contributed by atoms with van der Waals surface area (Å²) in [5, 5.41) is 4.20. The quantitative estimate of drug-likeness (QED) is 0.572. The smallest absolute Gasteiger partial charge is 0.193 e. The first-order valence-electron chi connectivity index (χ1n) is 9.77. The first-order valence-corrected chi connectivity index (χ1v) is 12.0. The first-order chi connectivity index (χ1) is 13.4. The molecule has 2 aliphatic heterocycles. The molecule has 0 unspecified atom stereocenters. The minimum Gasteiger partial charge on any atom is -0.368 e. The molecule has 1 aromatic carbocycles. The van der Waals surface area contributed by atoms with Crippen molar-refractivity contribution in [3.05, 3.63) is 28.8 Å². The summed E-state index contributed by atoms with van der Waals surface area (Å²) in [7, 11) is -1.01. The summed E-state index contributed by atoms with van der Waals surface area (Å²) in [6.07, 6.45) is 0. The third-order valence-corrected chi connectivity index (χ3v) is 7.30. The topological polar surface area (TPSA) is 68.2 Å². The molecule has 9 heteroatoms. The molecule has 28 heavy (non-hydrogen) atoms. The second kappa shape index (κ2) is 9.33. The fourth-order valence-electron chi connectivity index (χ4n) is 3.71. The number of sulfone groups is 1. The van der Waals surface area contributed by atoms with Crippen LogP contribution in [0.5, 0.6) is 0 Å². The molecule has 0 atom stereocenters. The number of piperazine rings is 1. The number of hydrogen-bond donors (Lipinski definition) is 1. The maximum atomic E-state index is 11.5. The first kappa shape index (κ1) is 21.2. The second-order valence-corrected chi connectivity index (χ2v) is 10.1. The van der Waals surface area contributed by atoms with Gasteiger partial charge in [-0.2, -0.15) is 0 Å². The van der Waals surface area contributed by atoms with Gasteiger partial charge in [-0.25, -0.2) is 8.42 Å². The van der Waals surface area contributed by atoms with Crippen molar-refractivity contribution in [3.8, 4) is 0 Å². The zero-order valence-corrected chi connectivity index (χ0v) is 18.3. The fraction of sp³-hybridized carbons (Fsp3) is 0.632. The molecule has 0 aromatic heterocycles. The lowest BCUT2D eigenvalue weighted by molar-refractivity contribution is 0.296. The lowest BCUT2D eigenvalue weighted by Gasteiger charge is -2.38. The molecule has 2 saturated heterocycles. The van der Waals surface area contributed by atoms with Gasteiger partial charge in [0.15, 0.2) is 15.8 Å². The van der Waals surface area contributed by atoms with E-state index in [9.17, 15) is 8.42 Å². The summed E-state index contributed by atoms with van der Waals surface area (Å²) in [4.78, 5) is 11.3. The van der Waals surface area contributed by atoms with Crippen LogP contribution in [0.15, 0.2) is 23.2 Å². The molecule has 0 radical (unpaired) electrons. The molecular weight excluding hydrogens is 398 g/mol. The third-order valence-electron chi connectivity index (χ3n) is 5.45. The molecule has 0 bridgehead atoms. The van der Waals surface area contributed by atoms with Gasteiger partial charge in [0.2, 0.25) is 0 Å². The van der Waals surface area contributed by atoms with Crippen LogP contribution in [0.1, 0.15) is 5.56 Å². The predicted octanol–water partition coefficient (Wildman–Crippen LogP) is 1.08. The van der Waals surface area contributed by atoms with Gasteiger partial charge < -0.3 is 15.1 Å². The van der Waals surface area contributed by atoms with Crippen molar-refractivity contribution >= 4 is 33.1 Å². The monoisotopic (exact) mass is 427 g/mol. The molecule has 2 aliphatic rings. The van der Waals surface area contributed by atoms with Crippen molar-refractivity contribution < 1.29 is 8.42 Å². The highest BCUT2D eigenvalue weighted by molar-refractivity contribution is 7.91. The molecule has 3 rings (SSSR count). The minimum atomic E-state index is -2.82. The number of benzene rings is 1. The summed E-state index contributed by atoms with van der Waals surface area (Å²) in [5.74, 6) is 1.45. The Bertz CT molecular complexity index is 793.